The highest BCUT2D eigenvalue weighted by Crippen LogP contribution is 2.25. The monoisotopic (exact) mass is 222 g/mol. The third-order valence-corrected chi connectivity index (χ3v) is 3.73. The van der Waals surface area contributed by atoms with Crippen molar-refractivity contribution in [1.29, 1.82) is 0 Å². The smallest absolute Gasteiger partial charge is 0.249 e. The highest BCUT2D eigenvalue weighted by Gasteiger charge is 2.36. The van der Waals surface area contributed by atoms with Gasteiger partial charge in [0, 0.05) is 24.7 Å². The zero-order valence-electron chi connectivity index (χ0n) is 10.3. The lowest BCUT2D eigenvalue weighted by Crippen LogP contribution is -2.41. The molecule has 3 heteroatoms. The quantitative estimate of drug-likeness (QED) is 0.719. The molecule has 0 radical (unpaired) electrons. The van der Waals surface area contributed by atoms with Gasteiger partial charge < -0.3 is 10.2 Å². The SMILES string of the molecule is CC/C=C(/C)C(=O)N1CC2CCCNC2C1. The van der Waals surface area contributed by atoms with Gasteiger partial charge in [0.1, 0.15) is 0 Å². The first-order valence-electron chi connectivity index (χ1n) is 6.41. The Morgan fingerprint density at radius 2 is 2.31 bits per heavy atom. The van der Waals surface area contributed by atoms with Crippen LogP contribution in [0.3, 0.4) is 0 Å². The molecule has 2 heterocycles. The molecule has 0 spiro atoms. The van der Waals surface area contributed by atoms with E-state index in [0.717, 1.165) is 31.6 Å². The highest BCUT2D eigenvalue weighted by atomic mass is 16.2. The van der Waals surface area contributed by atoms with Crippen LogP contribution in [-0.2, 0) is 4.79 Å². The molecule has 2 saturated heterocycles. The molecule has 1 amide bonds. The first-order valence-corrected chi connectivity index (χ1v) is 6.41. The van der Waals surface area contributed by atoms with E-state index in [4.69, 9.17) is 0 Å². The summed E-state index contributed by atoms with van der Waals surface area (Å²) in [4.78, 5) is 14.1. The largest absolute Gasteiger partial charge is 0.337 e. The zero-order valence-corrected chi connectivity index (χ0v) is 10.3. The van der Waals surface area contributed by atoms with Gasteiger partial charge in [0.05, 0.1) is 0 Å². The van der Waals surface area contributed by atoms with Gasteiger partial charge in [0.25, 0.3) is 0 Å². The van der Waals surface area contributed by atoms with E-state index in [2.05, 4.69) is 12.2 Å². The number of carbonyl (C=O) groups excluding carboxylic acids is 1. The standard InChI is InChI=1S/C13H22N2O/c1-3-5-10(2)13(16)15-8-11-6-4-7-14-12(11)9-15/h5,11-12,14H,3-4,6-9H2,1-2H3/b10-5-. The molecule has 1 N–H and O–H groups in total. The molecule has 16 heavy (non-hydrogen) atoms. The molecule has 0 bridgehead atoms. The van der Waals surface area contributed by atoms with Gasteiger partial charge >= 0.3 is 0 Å². The van der Waals surface area contributed by atoms with E-state index in [1.54, 1.807) is 0 Å². The van der Waals surface area contributed by atoms with Gasteiger partial charge in [-0.25, -0.2) is 0 Å². The molecule has 90 valence electrons. The molecule has 2 fully saturated rings. The number of carbonyl (C=O) groups is 1. The number of nitrogens with zero attached hydrogens (tertiary/aromatic N) is 1. The number of rotatable bonds is 2. The Morgan fingerprint density at radius 1 is 1.50 bits per heavy atom. The molecule has 2 rings (SSSR count). The van der Waals surface area contributed by atoms with Crippen LogP contribution >= 0.6 is 0 Å². The van der Waals surface area contributed by atoms with E-state index in [1.165, 1.54) is 12.8 Å². The van der Waals surface area contributed by atoms with Crippen molar-refractivity contribution in [3.63, 3.8) is 0 Å². The third kappa shape index (κ3) is 2.29. The molecular weight excluding hydrogens is 200 g/mol. The van der Waals surface area contributed by atoms with Gasteiger partial charge in [-0.2, -0.15) is 0 Å². The maximum Gasteiger partial charge on any atom is 0.249 e. The summed E-state index contributed by atoms with van der Waals surface area (Å²) in [5.74, 6) is 0.921. The number of hydrogen-bond acceptors (Lipinski definition) is 2. The molecule has 0 saturated carbocycles. The topological polar surface area (TPSA) is 32.3 Å². The lowest BCUT2D eigenvalue weighted by atomic mass is 9.94. The average Bonchev–Trinajstić information content (AvgIpc) is 2.71. The van der Waals surface area contributed by atoms with E-state index in [-0.39, 0.29) is 5.91 Å². The predicted molar refractivity (Wildman–Crippen MR) is 65.1 cm³/mol. The molecule has 0 aromatic heterocycles. The third-order valence-electron chi connectivity index (χ3n) is 3.73. The summed E-state index contributed by atoms with van der Waals surface area (Å²) in [7, 11) is 0. The normalized spacial score (nSPS) is 30.4. The Labute approximate surface area is 97.9 Å². The van der Waals surface area contributed by atoms with Gasteiger partial charge in [0.2, 0.25) is 5.91 Å². The minimum absolute atomic E-state index is 0.234. The summed E-state index contributed by atoms with van der Waals surface area (Å²) in [5, 5.41) is 3.52. The maximum atomic E-state index is 12.1. The fourth-order valence-corrected chi connectivity index (χ4v) is 2.86. The van der Waals surface area contributed by atoms with Crippen LogP contribution in [-0.4, -0.2) is 36.5 Å². The Morgan fingerprint density at radius 3 is 3.00 bits per heavy atom. The summed E-state index contributed by atoms with van der Waals surface area (Å²) in [6.45, 7) is 6.97. The minimum Gasteiger partial charge on any atom is -0.337 e. The number of allylic oxidation sites excluding steroid dienone is 1. The molecule has 2 atom stereocenters. The number of nitrogens with one attached hydrogen (secondary N) is 1. The number of likely N-dealkylation sites (tertiary alicyclic amines) is 1. The fraction of sp³-hybridized carbons (Fsp3) is 0.769. The van der Waals surface area contributed by atoms with Crippen molar-refractivity contribution in [3.8, 4) is 0 Å². The van der Waals surface area contributed by atoms with Crippen molar-refractivity contribution in [1.82, 2.24) is 10.2 Å². The van der Waals surface area contributed by atoms with Gasteiger partial charge in [-0.3, -0.25) is 4.79 Å². The van der Waals surface area contributed by atoms with E-state index in [0.29, 0.717) is 12.0 Å². The van der Waals surface area contributed by atoms with Gasteiger partial charge in [-0.05, 0) is 38.6 Å². The Hall–Kier alpha value is -0.830. The van der Waals surface area contributed by atoms with Crippen molar-refractivity contribution in [3.05, 3.63) is 11.6 Å². The summed E-state index contributed by atoms with van der Waals surface area (Å²) in [5.41, 5.74) is 0.904. The number of hydrogen-bond donors (Lipinski definition) is 1. The van der Waals surface area contributed by atoms with Crippen LogP contribution in [0.4, 0.5) is 0 Å². The summed E-state index contributed by atoms with van der Waals surface area (Å²) >= 11 is 0. The number of fused-ring (bicyclic) bond motifs is 1. The van der Waals surface area contributed by atoms with Crippen molar-refractivity contribution < 1.29 is 4.79 Å². The van der Waals surface area contributed by atoms with Gasteiger partial charge in [-0.1, -0.05) is 13.0 Å². The first kappa shape index (κ1) is 11.6. The van der Waals surface area contributed by atoms with Gasteiger partial charge in [0.15, 0.2) is 0 Å². The molecule has 0 aromatic rings. The van der Waals surface area contributed by atoms with Crippen molar-refractivity contribution in [2.45, 2.75) is 39.2 Å². The van der Waals surface area contributed by atoms with Crippen molar-refractivity contribution in [2.75, 3.05) is 19.6 Å². The average molecular weight is 222 g/mol. The predicted octanol–water partition coefficient (Wildman–Crippen LogP) is 1.55. The molecule has 0 aliphatic carbocycles. The summed E-state index contributed by atoms with van der Waals surface area (Å²) in [6.07, 6.45) is 5.50. The molecule has 0 aromatic carbocycles. The summed E-state index contributed by atoms with van der Waals surface area (Å²) < 4.78 is 0. The molecule has 3 nitrogen and oxygen atoms in total. The summed E-state index contributed by atoms with van der Waals surface area (Å²) in [6, 6.07) is 0.548. The first-order chi connectivity index (χ1) is 7.72. The number of amides is 1. The second-order valence-electron chi connectivity index (χ2n) is 4.97. The number of piperidine rings is 1. The molecule has 2 aliphatic heterocycles. The minimum atomic E-state index is 0.234. The molecule has 2 unspecified atom stereocenters. The van der Waals surface area contributed by atoms with Crippen LogP contribution in [0.15, 0.2) is 11.6 Å². The zero-order chi connectivity index (χ0) is 11.5. The lowest BCUT2D eigenvalue weighted by Gasteiger charge is -2.24. The van der Waals surface area contributed by atoms with E-state index in [1.807, 2.05) is 17.9 Å². The molecular formula is C13H22N2O. The van der Waals surface area contributed by atoms with E-state index < -0.39 is 0 Å². The Kier molecular flexibility index (Phi) is 3.64. The lowest BCUT2D eigenvalue weighted by molar-refractivity contribution is -0.126. The van der Waals surface area contributed by atoms with Crippen LogP contribution in [0.2, 0.25) is 0 Å². The van der Waals surface area contributed by atoms with Gasteiger partial charge in [-0.15, -0.1) is 0 Å². The van der Waals surface area contributed by atoms with E-state index in [9.17, 15) is 4.79 Å². The van der Waals surface area contributed by atoms with Crippen LogP contribution in [0.5, 0.6) is 0 Å². The van der Waals surface area contributed by atoms with Crippen molar-refractivity contribution in [2.24, 2.45) is 5.92 Å². The highest BCUT2D eigenvalue weighted by molar-refractivity contribution is 5.93. The van der Waals surface area contributed by atoms with Crippen LogP contribution in [0.1, 0.15) is 33.1 Å². The second-order valence-corrected chi connectivity index (χ2v) is 4.97. The fourth-order valence-electron chi connectivity index (χ4n) is 2.86. The Bertz CT molecular complexity index is 284. The van der Waals surface area contributed by atoms with E-state index >= 15 is 0 Å². The maximum absolute atomic E-state index is 12.1. The van der Waals surface area contributed by atoms with Crippen LogP contribution in [0, 0.1) is 5.92 Å². The molecule has 2 aliphatic rings. The van der Waals surface area contributed by atoms with Crippen molar-refractivity contribution >= 4 is 5.91 Å². The second kappa shape index (κ2) is 5.00. The van der Waals surface area contributed by atoms with Crippen LogP contribution < -0.4 is 5.32 Å². The Balaban J connectivity index is 1.97. The van der Waals surface area contributed by atoms with Crippen LogP contribution in [0.25, 0.3) is 0 Å².